The van der Waals surface area contributed by atoms with Crippen molar-refractivity contribution in [2.75, 3.05) is 0 Å². The van der Waals surface area contributed by atoms with Crippen LogP contribution in [0.5, 0.6) is 5.75 Å². The second-order valence-corrected chi connectivity index (χ2v) is 5.07. The van der Waals surface area contributed by atoms with E-state index in [4.69, 9.17) is 15.6 Å². The van der Waals surface area contributed by atoms with E-state index in [0.717, 1.165) is 16.9 Å². The lowest BCUT2D eigenvalue weighted by atomic mass is 10.1. The monoisotopic (exact) mass is 315 g/mol. The molecule has 0 amide bonds. The molecule has 1 atom stereocenters. The molecule has 0 heterocycles. The number of hydrogen-bond donors (Lipinski definition) is 2. The largest absolute Gasteiger partial charge is 0.489 e. The Morgan fingerprint density at radius 2 is 1.57 bits per heavy atom. The molecule has 124 valence electrons. The normalized spacial score (nSPS) is 11.1. The van der Waals surface area contributed by atoms with Crippen molar-refractivity contribution in [3.05, 3.63) is 65.2 Å². The van der Waals surface area contributed by atoms with E-state index in [1.54, 1.807) is 0 Å². The van der Waals surface area contributed by atoms with Crippen LogP contribution in [0.25, 0.3) is 0 Å². The van der Waals surface area contributed by atoms with Gasteiger partial charge in [0.15, 0.2) is 0 Å². The second kappa shape index (κ2) is 9.64. The highest BCUT2D eigenvalue weighted by Crippen LogP contribution is 2.15. The fourth-order valence-electron chi connectivity index (χ4n) is 1.91. The highest BCUT2D eigenvalue weighted by Gasteiger charge is 2.11. The van der Waals surface area contributed by atoms with E-state index in [9.17, 15) is 4.79 Å². The summed E-state index contributed by atoms with van der Waals surface area (Å²) in [5, 5.41) is 8.78. The van der Waals surface area contributed by atoms with Gasteiger partial charge in [0.1, 0.15) is 18.4 Å². The Hall–Kier alpha value is -2.33. The lowest BCUT2D eigenvalue weighted by Gasteiger charge is -2.09. The summed E-state index contributed by atoms with van der Waals surface area (Å²) >= 11 is 0. The molecule has 0 bridgehead atoms. The average molecular weight is 315 g/mol. The molecule has 2 aromatic carbocycles. The average Bonchev–Trinajstić information content (AvgIpc) is 2.57. The van der Waals surface area contributed by atoms with E-state index < -0.39 is 12.0 Å². The summed E-state index contributed by atoms with van der Waals surface area (Å²) in [4.78, 5) is 10.7. The fraction of sp³-hybridized carbons (Fsp3) is 0.316. The van der Waals surface area contributed by atoms with Crippen molar-refractivity contribution >= 4 is 5.97 Å². The third-order valence-electron chi connectivity index (χ3n) is 3.22. The van der Waals surface area contributed by atoms with Crippen LogP contribution in [0, 0.1) is 6.92 Å². The first-order valence-corrected chi connectivity index (χ1v) is 7.80. The zero-order chi connectivity index (χ0) is 17.2. The van der Waals surface area contributed by atoms with Crippen molar-refractivity contribution in [1.29, 1.82) is 0 Å². The number of carbonyl (C=O) groups is 1. The van der Waals surface area contributed by atoms with E-state index in [2.05, 4.69) is 12.1 Å². The second-order valence-electron chi connectivity index (χ2n) is 5.07. The Balaban J connectivity index is 0.00000127. The molecule has 0 radical (unpaired) electrons. The van der Waals surface area contributed by atoms with Crippen LogP contribution in [0.4, 0.5) is 0 Å². The minimum atomic E-state index is -0.991. The SMILES string of the molecule is CC.Cc1ccc(COc2ccc(C[C@H](N)C(=O)O)cc2)cc1. The van der Waals surface area contributed by atoms with Gasteiger partial charge in [0.05, 0.1) is 0 Å². The molecule has 2 rings (SSSR count). The van der Waals surface area contributed by atoms with Crippen molar-refractivity contribution in [3.63, 3.8) is 0 Å². The van der Waals surface area contributed by atoms with Gasteiger partial charge in [0, 0.05) is 0 Å². The van der Waals surface area contributed by atoms with E-state index in [0.29, 0.717) is 13.0 Å². The Bertz CT molecular complexity index is 591. The van der Waals surface area contributed by atoms with E-state index in [1.807, 2.05) is 57.2 Å². The van der Waals surface area contributed by atoms with Crippen molar-refractivity contribution in [2.24, 2.45) is 5.73 Å². The number of nitrogens with two attached hydrogens (primary N) is 1. The van der Waals surface area contributed by atoms with Crippen LogP contribution in [-0.2, 0) is 17.8 Å². The number of ether oxygens (including phenoxy) is 1. The maximum atomic E-state index is 10.7. The maximum Gasteiger partial charge on any atom is 0.320 e. The molecule has 0 spiro atoms. The summed E-state index contributed by atoms with van der Waals surface area (Å²) in [6.45, 7) is 6.56. The van der Waals surface area contributed by atoms with Gasteiger partial charge in [-0.25, -0.2) is 0 Å². The number of hydrogen-bond acceptors (Lipinski definition) is 3. The number of aliphatic carboxylic acids is 1. The number of aryl methyl sites for hydroxylation is 1. The molecule has 23 heavy (non-hydrogen) atoms. The molecule has 0 aliphatic rings. The predicted molar refractivity (Wildman–Crippen MR) is 92.6 cm³/mol. The molecular formula is C19H25NO3. The molecular weight excluding hydrogens is 290 g/mol. The van der Waals surface area contributed by atoms with Gasteiger partial charge in [-0.05, 0) is 36.6 Å². The summed E-state index contributed by atoms with van der Waals surface area (Å²) < 4.78 is 5.69. The van der Waals surface area contributed by atoms with Gasteiger partial charge in [0.2, 0.25) is 0 Å². The summed E-state index contributed by atoms with van der Waals surface area (Å²) in [7, 11) is 0. The quantitative estimate of drug-likeness (QED) is 0.855. The van der Waals surface area contributed by atoms with Crippen LogP contribution in [0.2, 0.25) is 0 Å². The Labute approximate surface area is 137 Å². The standard InChI is InChI=1S/C17H19NO3.C2H6/c1-12-2-4-14(5-3-12)11-21-15-8-6-13(7-9-15)10-16(18)17(19)20;1-2/h2-9,16H,10-11,18H2,1H3,(H,19,20);1-2H3/t16-;/m0./s1. The molecule has 0 saturated carbocycles. The van der Waals surface area contributed by atoms with E-state index in [-0.39, 0.29) is 0 Å². The summed E-state index contributed by atoms with van der Waals surface area (Å²) in [5.41, 5.74) is 8.71. The zero-order valence-electron chi connectivity index (χ0n) is 14.0. The minimum absolute atomic E-state index is 0.313. The van der Waals surface area contributed by atoms with Gasteiger partial charge in [0.25, 0.3) is 0 Å². The topological polar surface area (TPSA) is 72.5 Å². The zero-order valence-corrected chi connectivity index (χ0v) is 14.0. The third kappa shape index (κ3) is 6.53. The first-order chi connectivity index (χ1) is 11.0. The molecule has 0 aliphatic carbocycles. The Morgan fingerprint density at radius 3 is 2.09 bits per heavy atom. The molecule has 4 heteroatoms. The lowest BCUT2D eigenvalue weighted by molar-refractivity contribution is -0.138. The van der Waals surface area contributed by atoms with Crippen molar-refractivity contribution in [2.45, 2.75) is 39.8 Å². The van der Waals surface area contributed by atoms with Crippen molar-refractivity contribution in [1.82, 2.24) is 0 Å². The first kappa shape index (κ1) is 18.7. The number of carboxylic acid groups (broad SMARTS) is 1. The summed E-state index contributed by atoms with van der Waals surface area (Å²) in [5.74, 6) is -0.238. The number of carboxylic acids is 1. The molecule has 3 N–H and O–H groups in total. The van der Waals surface area contributed by atoms with Gasteiger partial charge in [-0.2, -0.15) is 0 Å². The Kier molecular flexibility index (Phi) is 7.84. The number of rotatable bonds is 6. The molecule has 0 saturated heterocycles. The fourth-order valence-corrected chi connectivity index (χ4v) is 1.91. The van der Waals surface area contributed by atoms with E-state index >= 15 is 0 Å². The van der Waals surface area contributed by atoms with Crippen LogP contribution in [0.3, 0.4) is 0 Å². The molecule has 0 aromatic heterocycles. The van der Waals surface area contributed by atoms with Crippen molar-refractivity contribution < 1.29 is 14.6 Å². The van der Waals surface area contributed by atoms with Gasteiger partial charge in [-0.3, -0.25) is 4.79 Å². The first-order valence-electron chi connectivity index (χ1n) is 7.80. The van der Waals surface area contributed by atoms with E-state index in [1.165, 1.54) is 5.56 Å². The highest BCUT2D eigenvalue weighted by atomic mass is 16.5. The number of benzene rings is 2. The molecule has 2 aromatic rings. The van der Waals surface area contributed by atoms with Gasteiger partial charge >= 0.3 is 5.97 Å². The van der Waals surface area contributed by atoms with Crippen LogP contribution < -0.4 is 10.5 Å². The minimum Gasteiger partial charge on any atom is -0.489 e. The van der Waals surface area contributed by atoms with Crippen LogP contribution >= 0.6 is 0 Å². The van der Waals surface area contributed by atoms with Gasteiger partial charge in [-0.1, -0.05) is 55.8 Å². The van der Waals surface area contributed by atoms with Gasteiger partial charge < -0.3 is 15.6 Å². The smallest absolute Gasteiger partial charge is 0.320 e. The molecule has 0 unspecified atom stereocenters. The van der Waals surface area contributed by atoms with Crippen LogP contribution in [-0.4, -0.2) is 17.1 Å². The maximum absolute atomic E-state index is 10.7. The van der Waals surface area contributed by atoms with Crippen molar-refractivity contribution in [3.8, 4) is 5.75 Å². The summed E-state index contributed by atoms with van der Waals surface area (Å²) in [6.07, 6.45) is 0.313. The summed E-state index contributed by atoms with van der Waals surface area (Å²) in [6, 6.07) is 14.6. The third-order valence-corrected chi connectivity index (χ3v) is 3.22. The lowest BCUT2D eigenvalue weighted by Crippen LogP contribution is -2.32. The molecule has 0 fully saturated rings. The highest BCUT2D eigenvalue weighted by molar-refractivity contribution is 5.73. The van der Waals surface area contributed by atoms with Gasteiger partial charge in [-0.15, -0.1) is 0 Å². The molecule has 0 aliphatic heterocycles. The van der Waals surface area contributed by atoms with Crippen LogP contribution in [0.1, 0.15) is 30.5 Å². The molecule has 4 nitrogen and oxygen atoms in total. The predicted octanol–water partition coefficient (Wildman–Crippen LogP) is 3.55. The van der Waals surface area contributed by atoms with Crippen LogP contribution in [0.15, 0.2) is 48.5 Å². The Morgan fingerprint density at radius 1 is 1.04 bits per heavy atom.